The van der Waals surface area contributed by atoms with Crippen LogP contribution in [-0.4, -0.2) is 34.9 Å². The maximum Gasteiger partial charge on any atom is 0.251 e. The van der Waals surface area contributed by atoms with Crippen LogP contribution in [0.1, 0.15) is 29.3 Å². The number of imidazole rings is 1. The molecule has 0 radical (unpaired) electrons. The van der Waals surface area contributed by atoms with Crippen LogP contribution >= 0.6 is 11.3 Å². The summed E-state index contributed by atoms with van der Waals surface area (Å²) in [4.78, 5) is 18.1. The lowest BCUT2D eigenvalue weighted by atomic mass is 10.1. The summed E-state index contributed by atoms with van der Waals surface area (Å²) in [6.07, 6.45) is 3.00. The predicted octanol–water partition coefficient (Wildman–Crippen LogP) is 4.25. The van der Waals surface area contributed by atoms with Gasteiger partial charge in [-0.15, -0.1) is 0 Å². The Morgan fingerprint density at radius 3 is 2.89 bits per heavy atom. The third-order valence-electron chi connectivity index (χ3n) is 4.74. The van der Waals surface area contributed by atoms with Gasteiger partial charge in [0.25, 0.3) is 5.91 Å². The van der Waals surface area contributed by atoms with Crippen LogP contribution in [0.3, 0.4) is 0 Å². The fourth-order valence-corrected chi connectivity index (χ4v) is 4.33. The van der Waals surface area contributed by atoms with E-state index in [9.17, 15) is 4.79 Å². The van der Waals surface area contributed by atoms with Crippen molar-refractivity contribution in [3.05, 3.63) is 59.8 Å². The van der Waals surface area contributed by atoms with Crippen molar-refractivity contribution in [2.24, 2.45) is 0 Å². The third kappa shape index (κ3) is 3.79. The number of nitrogens with zero attached hydrogens (tertiary/aromatic N) is 2. The molecule has 2 N–H and O–H groups in total. The molecule has 4 aromatic rings. The second-order valence-corrected chi connectivity index (χ2v) is 7.90. The number of fused-ring (bicyclic) bond motifs is 3. The Kier molecular flexibility index (Phi) is 5.41. The van der Waals surface area contributed by atoms with E-state index in [1.807, 2.05) is 18.2 Å². The second-order valence-electron chi connectivity index (χ2n) is 6.90. The molecule has 28 heavy (non-hydrogen) atoms. The molecule has 0 bridgehead atoms. The van der Waals surface area contributed by atoms with Crippen molar-refractivity contribution in [2.45, 2.75) is 20.3 Å². The molecule has 144 valence electrons. The minimum atomic E-state index is -0.0233. The number of rotatable bonds is 7. The van der Waals surface area contributed by atoms with E-state index in [4.69, 9.17) is 4.98 Å². The lowest BCUT2D eigenvalue weighted by Crippen LogP contribution is -2.27. The molecule has 0 spiro atoms. The number of hydrogen-bond donors (Lipinski definition) is 2. The van der Waals surface area contributed by atoms with E-state index in [0.29, 0.717) is 12.1 Å². The molecule has 0 saturated carbocycles. The minimum Gasteiger partial charge on any atom is -0.352 e. The van der Waals surface area contributed by atoms with Gasteiger partial charge in [-0.2, -0.15) is 0 Å². The van der Waals surface area contributed by atoms with Crippen molar-refractivity contribution < 1.29 is 4.79 Å². The number of thiazole rings is 1. The van der Waals surface area contributed by atoms with Crippen molar-refractivity contribution in [1.29, 1.82) is 0 Å². The summed E-state index contributed by atoms with van der Waals surface area (Å²) >= 11 is 1.61. The fourth-order valence-electron chi connectivity index (χ4n) is 3.28. The summed E-state index contributed by atoms with van der Waals surface area (Å²) in [5, 5.41) is 6.25. The van der Waals surface area contributed by atoms with E-state index >= 15 is 0 Å². The summed E-state index contributed by atoms with van der Waals surface area (Å²) < 4.78 is 3.18. The van der Waals surface area contributed by atoms with E-state index in [1.54, 1.807) is 11.3 Å². The molecule has 4 rings (SSSR count). The Balaban J connectivity index is 1.55. The summed E-state index contributed by atoms with van der Waals surface area (Å²) in [7, 11) is 0. The fraction of sp³-hybridized carbons (Fsp3) is 0.273. The van der Waals surface area contributed by atoms with Crippen LogP contribution < -0.4 is 10.6 Å². The normalized spacial score (nSPS) is 11.4. The Hall–Kier alpha value is -2.70. The number of aromatic nitrogens is 2. The average Bonchev–Trinajstić information content (AvgIpc) is 3.25. The van der Waals surface area contributed by atoms with Crippen LogP contribution in [0.25, 0.3) is 26.4 Å². The molecule has 6 heteroatoms. The molecule has 0 fully saturated rings. The Bertz CT molecular complexity index is 1130. The first kappa shape index (κ1) is 18.7. The molecule has 2 heterocycles. The van der Waals surface area contributed by atoms with Crippen molar-refractivity contribution in [3.63, 3.8) is 0 Å². The third-order valence-corrected chi connectivity index (χ3v) is 5.75. The van der Waals surface area contributed by atoms with Gasteiger partial charge in [0.2, 0.25) is 0 Å². The van der Waals surface area contributed by atoms with Crippen molar-refractivity contribution >= 4 is 32.4 Å². The number of hydrogen-bond acceptors (Lipinski definition) is 4. The highest BCUT2D eigenvalue weighted by atomic mass is 32.1. The standard InChI is InChI=1S/C22H24N4OS/c1-3-23-10-5-11-24-21(27)17-8-9-19-20(13-17)28-22-25-18(14-26(19)22)16-7-4-6-15(2)12-16/h4,6-9,12-14,23H,3,5,10-11H2,1-2H3,(H,24,27). The molecule has 2 aromatic heterocycles. The summed E-state index contributed by atoms with van der Waals surface area (Å²) in [6.45, 7) is 6.72. The number of benzene rings is 2. The topological polar surface area (TPSA) is 58.4 Å². The summed E-state index contributed by atoms with van der Waals surface area (Å²) in [5.74, 6) is -0.0233. The summed E-state index contributed by atoms with van der Waals surface area (Å²) in [6, 6.07) is 14.2. The smallest absolute Gasteiger partial charge is 0.251 e. The minimum absolute atomic E-state index is 0.0233. The van der Waals surface area contributed by atoms with Gasteiger partial charge in [0.1, 0.15) is 0 Å². The van der Waals surface area contributed by atoms with Crippen LogP contribution in [0.2, 0.25) is 0 Å². The first-order valence-electron chi connectivity index (χ1n) is 9.63. The molecule has 2 aromatic carbocycles. The van der Waals surface area contributed by atoms with E-state index < -0.39 is 0 Å². The molecule has 0 aliphatic rings. The van der Waals surface area contributed by atoms with Gasteiger partial charge in [-0.3, -0.25) is 9.20 Å². The Morgan fingerprint density at radius 1 is 1.18 bits per heavy atom. The zero-order chi connectivity index (χ0) is 19.5. The second kappa shape index (κ2) is 8.12. The van der Waals surface area contributed by atoms with Crippen molar-refractivity contribution in [3.8, 4) is 11.3 Å². The van der Waals surface area contributed by atoms with Gasteiger partial charge in [-0.25, -0.2) is 4.98 Å². The largest absolute Gasteiger partial charge is 0.352 e. The Labute approximate surface area is 168 Å². The number of amides is 1. The highest BCUT2D eigenvalue weighted by Crippen LogP contribution is 2.30. The van der Waals surface area contributed by atoms with Crippen LogP contribution in [0.15, 0.2) is 48.7 Å². The van der Waals surface area contributed by atoms with Gasteiger partial charge in [-0.05, 0) is 50.7 Å². The van der Waals surface area contributed by atoms with Crippen molar-refractivity contribution in [2.75, 3.05) is 19.6 Å². The quantitative estimate of drug-likeness (QED) is 0.462. The lowest BCUT2D eigenvalue weighted by molar-refractivity contribution is 0.0953. The highest BCUT2D eigenvalue weighted by Gasteiger charge is 2.13. The van der Waals surface area contributed by atoms with Crippen LogP contribution in [-0.2, 0) is 0 Å². The van der Waals surface area contributed by atoms with Crippen LogP contribution in [0.4, 0.5) is 0 Å². The monoisotopic (exact) mass is 392 g/mol. The van der Waals surface area contributed by atoms with Gasteiger partial charge in [0, 0.05) is 23.9 Å². The number of nitrogens with one attached hydrogen (secondary N) is 2. The summed E-state index contributed by atoms with van der Waals surface area (Å²) in [5.41, 5.74) is 5.09. The van der Waals surface area contributed by atoms with Gasteiger partial charge in [0.15, 0.2) is 4.96 Å². The van der Waals surface area contributed by atoms with Gasteiger partial charge < -0.3 is 10.6 Å². The zero-order valence-electron chi connectivity index (χ0n) is 16.2. The molecular formula is C22H24N4OS. The number of carbonyl (C=O) groups excluding carboxylic acids is 1. The van der Waals surface area contributed by atoms with E-state index in [1.165, 1.54) is 5.56 Å². The van der Waals surface area contributed by atoms with Gasteiger partial charge >= 0.3 is 0 Å². The predicted molar refractivity (Wildman–Crippen MR) is 116 cm³/mol. The van der Waals surface area contributed by atoms with E-state index in [0.717, 1.165) is 45.9 Å². The number of carbonyl (C=O) groups is 1. The molecule has 0 aliphatic carbocycles. The van der Waals surface area contributed by atoms with Gasteiger partial charge in [-0.1, -0.05) is 42.0 Å². The van der Waals surface area contributed by atoms with E-state index in [-0.39, 0.29) is 5.91 Å². The van der Waals surface area contributed by atoms with Crippen LogP contribution in [0, 0.1) is 6.92 Å². The first-order chi connectivity index (χ1) is 13.7. The number of aryl methyl sites for hydroxylation is 1. The maximum absolute atomic E-state index is 12.4. The molecular weight excluding hydrogens is 368 g/mol. The molecule has 0 aliphatic heterocycles. The molecule has 0 atom stereocenters. The molecule has 5 nitrogen and oxygen atoms in total. The lowest BCUT2D eigenvalue weighted by Gasteiger charge is -2.05. The zero-order valence-corrected chi connectivity index (χ0v) is 17.0. The average molecular weight is 393 g/mol. The Morgan fingerprint density at radius 2 is 2.07 bits per heavy atom. The van der Waals surface area contributed by atoms with Gasteiger partial charge in [0.05, 0.1) is 15.9 Å². The molecule has 0 unspecified atom stereocenters. The molecule has 0 saturated heterocycles. The first-order valence-corrected chi connectivity index (χ1v) is 10.4. The maximum atomic E-state index is 12.4. The van der Waals surface area contributed by atoms with E-state index in [2.05, 4.69) is 59.3 Å². The highest BCUT2D eigenvalue weighted by molar-refractivity contribution is 7.23. The van der Waals surface area contributed by atoms with Crippen molar-refractivity contribution in [1.82, 2.24) is 20.0 Å². The SMILES string of the molecule is CCNCCCNC(=O)c1ccc2c(c1)sc1nc(-c3cccc(C)c3)cn12. The molecule has 1 amide bonds. The van der Waals surface area contributed by atoms with Crippen LogP contribution in [0.5, 0.6) is 0 Å².